The molecule has 0 radical (unpaired) electrons. The first-order valence-corrected chi connectivity index (χ1v) is 7.88. The van der Waals surface area contributed by atoms with Crippen LogP contribution in [0.5, 0.6) is 6.01 Å². The molecule has 0 aliphatic heterocycles. The van der Waals surface area contributed by atoms with Crippen LogP contribution in [0.4, 0.5) is 5.95 Å². The average molecular weight is 361 g/mol. The highest BCUT2D eigenvalue weighted by Crippen LogP contribution is 2.19. The Bertz CT molecular complexity index is 920. The Kier molecular flexibility index (Phi) is 5.46. The standard InChI is InChI=1S/C16H19N5O5/c17-15-19-13-12(14(24)20-15)18-16(21(13)9-26-11(6-22)7-23)25-8-10-4-2-1-3-5-10/h1-5,11,22-23H,6-9H2,(H3,17,19,20,24). The van der Waals surface area contributed by atoms with Gasteiger partial charge in [-0.1, -0.05) is 30.3 Å². The van der Waals surface area contributed by atoms with Gasteiger partial charge in [0.05, 0.1) is 13.2 Å². The van der Waals surface area contributed by atoms with Crippen molar-refractivity contribution in [2.24, 2.45) is 0 Å². The van der Waals surface area contributed by atoms with Gasteiger partial charge in [0.2, 0.25) is 5.95 Å². The number of H-pyrrole nitrogens is 1. The smallest absolute Gasteiger partial charge is 0.301 e. The Morgan fingerprint density at radius 1 is 1.19 bits per heavy atom. The van der Waals surface area contributed by atoms with E-state index in [1.165, 1.54) is 4.57 Å². The Hall–Kier alpha value is -2.95. The lowest BCUT2D eigenvalue weighted by Crippen LogP contribution is -2.24. The lowest BCUT2D eigenvalue weighted by atomic mass is 10.2. The number of hydrogen-bond donors (Lipinski definition) is 4. The number of ether oxygens (including phenoxy) is 2. The van der Waals surface area contributed by atoms with E-state index in [0.717, 1.165) is 5.56 Å². The van der Waals surface area contributed by atoms with Gasteiger partial charge in [-0.3, -0.25) is 14.3 Å². The molecule has 0 saturated carbocycles. The number of imidazole rings is 1. The summed E-state index contributed by atoms with van der Waals surface area (Å²) in [7, 11) is 0. The Balaban J connectivity index is 1.93. The number of nitrogen functional groups attached to an aromatic ring is 1. The molecule has 138 valence electrons. The first-order valence-electron chi connectivity index (χ1n) is 7.88. The second-order valence-corrected chi connectivity index (χ2v) is 5.50. The fourth-order valence-electron chi connectivity index (χ4n) is 2.30. The summed E-state index contributed by atoms with van der Waals surface area (Å²) in [5.41, 5.74) is 6.25. The van der Waals surface area contributed by atoms with Crippen LogP contribution >= 0.6 is 0 Å². The molecule has 2 heterocycles. The summed E-state index contributed by atoms with van der Waals surface area (Å²) < 4.78 is 12.6. The molecule has 5 N–H and O–H groups in total. The first kappa shape index (κ1) is 17.9. The third-order valence-electron chi connectivity index (χ3n) is 3.65. The predicted molar refractivity (Wildman–Crippen MR) is 92.4 cm³/mol. The number of fused-ring (bicyclic) bond motifs is 1. The highest BCUT2D eigenvalue weighted by atomic mass is 16.5. The van der Waals surface area contributed by atoms with Crippen LogP contribution in [-0.2, 0) is 18.1 Å². The second kappa shape index (κ2) is 7.95. The van der Waals surface area contributed by atoms with Crippen molar-refractivity contribution in [2.75, 3.05) is 18.9 Å². The molecule has 0 spiro atoms. The third-order valence-corrected chi connectivity index (χ3v) is 3.65. The Morgan fingerprint density at radius 2 is 1.92 bits per heavy atom. The van der Waals surface area contributed by atoms with Crippen molar-refractivity contribution in [1.29, 1.82) is 0 Å². The molecule has 0 aliphatic carbocycles. The summed E-state index contributed by atoms with van der Waals surface area (Å²) in [6.45, 7) is -0.637. The molecule has 0 aliphatic rings. The maximum Gasteiger partial charge on any atom is 0.301 e. The van der Waals surface area contributed by atoms with E-state index >= 15 is 0 Å². The van der Waals surface area contributed by atoms with Crippen LogP contribution in [-0.4, -0.2) is 49.0 Å². The van der Waals surface area contributed by atoms with Crippen LogP contribution in [0.25, 0.3) is 11.2 Å². The van der Waals surface area contributed by atoms with Gasteiger partial charge < -0.3 is 25.4 Å². The van der Waals surface area contributed by atoms with Gasteiger partial charge in [-0.2, -0.15) is 9.97 Å². The summed E-state index contributed by atoms with van der Waals surface area (Å²) in [6.07, 6.45) is -0.784. The van der Waals surface area contributed by atoms with Crippen LogP contribution in [0.15, 0.2) is 35.1 Å². The molecular formula is C16H19N5O5. The number of hydrogen-bond acceptors (Lipinski definition) is 8. The number of aliphatic hydroxyl groups is 2. The number of aromatic amines is 1. The van der Waals surface area contributed by atoms with E-state index in [0.29, 0.717) is 0 Å². The largest absolute Gasteiger partial charge is 0.460 e. The van der Waals surface area contributed by atoms with Crippen molar-refractivity contribution in [3.05, 3.63) is 46.2 Å². The van der Waals surface area contributed by atoms with Crippen molar-refractivity contribution in [2.45, 2.75) is 19.4 Å². The van der Waals surface area contributed by atoms with Crippen LogP contribution < -0.4 is 16.0 Å². The van der Waals surface area contributed by atoms with Crippen molar-refractivity contribution >= 4 is 17.1 Å². The molecule has 10 heteroatoms. The minimum absolute atomic E-state index is 0.0513. The van der Waals surface area contributed by atoms with E-state index in [1.54, 1.807) is 0 Å². The minimum atomic E-state index is -0.784. The van der Waals surface area contributed by atoms with Gasteiger partial charge in [-0.25, -0.2) is 0 Å². The quantitative estimate of drug-likeness (QED) is 0.424. The zero-order valence-electron chi connectivity index (χ0n) is 13.8. The highest BCUT2D eigenvalue weighted by molar-refractivity contribution is 5.72. The van der Waals surface area contributed by atoms with Gasteiger partial charge in [0, 0.05) is 0 Å². The summed E-state index contributed by atoms with van der Waals surface area (Å²) in [4.78, 5) is 22.7. The number of rotatable bonds is 8. The third kappa shape index (κ3) is 3.82. The second-order valence-electron chi connectivity index (χ2n) is 5.50. The molecule has 2 aromatic heterocycles. The van der Waals surface area contributed by atoms with Crippen molar-refractivity contribution in [1.82, 2.24) is 19.5 Å². The topological polar surface area (TPSA) is 149 Å². The lowest BCUT2D eigenvalue weighted by molar-refractivity contribution is -0.0510. The first-order chi connectivity index (χ1) is 12.6. The fourth-order valence-corrected chi connectivity index (χ4v) is 2.30. The van der Waals surface area contributed by atoms with E-state index < -0.39 is 11.7 Å². The van der Waals surface area contributed by atoms with E-state index in [2.05, 4.69) is 15.0 Å². The number of aliphatic hydroxyl groups excluding tert-OH is 2. The number of nitrogens with zero attached hydrogens (tertiary/aromatic N) is 3. The van der Waals surface area contributed by atoms with Crippen LogP contribution in [0, 0.1) is 0 Å². The van der Waals surface area contributed by atoms with Gasteiger partial charge in [-0.15, -0.1) is 0 Å². The van der Waals surface area contributed by atoms with Gasteiger partial charge in [-0.05, 0) is 5.56 Å². The SMILES string of the molecule is Nc1nc2c(nc(OCc3ccccc3)n2COC(CO)CO)c(=O)[nH]1. The van der Waals surface area contributed by atoms with Gasteiger partial charge in [0.1, 0.15) is 19.4 Å². The van der Waals surface area contributed by atoms with Crippen LogP contribution in [0.2, 0.25) is 0 Å². The van der Waals surface area contributed by atoms with Gasteiger partial charge in [0.15, 0.2) is 11.2 Å². The molecule has 0 unspecified atom stereocenters. The molecule has 0 bridgehead atoms. The molecule has 1 aromatic carbocycles. The van der Waals surface area contributed by atoms with Crippen molar-refractivity contribution < 1.29 is 19.7 Å². The maximum absolute atomic E-state index is 12.1. The average Bonchev–Trinajstić information content (AvgIpc) is 3.00. The Labute approximate surface area is 147 Å². The van der Waals surface area contributed by atoms with Crippen molar-refractivity contribution in [3.8, 4) is 6.01 Å². The van der Waals surface area contributed by atoms with Gasteiger partial charge in [0.25, 0.3) is 5.56 Å². The van der Waals surface area contributed by atoms with E-state index in [9.17, 15) is 4.79 Å². The monoisotopic (exact) mass is 361 g/mol. The van der Waals surface area contributed by atoms with Crippen LogP contribution in [0.1, 0.15) is 5.56 Å². The highest BCUT2D eigenvalue weighted by Gasteiger charge is 2.18. The predicted octanol–water partition coefficient (Wildman–Crippen LogP) is -0.392. The molecule has 3 aromatic rings. The number of benzene rings is 1. The van der Waals surface area contributed by atoms with Gasteiger partial charge >= 0.3 is 6.01 Å². The maximum atomic E-state index is 12.1. The zero-order chi connectivity index (χ0) is 18.5. The lowest BCUT2D eigenvalue weighted by Gasteiger charge is -2.15. The number of nitrogens with one attached hydrogen (secondary N) is 1. The number of aromatic nitrogens is 4. The van der Waals surface area contributed by atoms with E-state index in [-0.39, 0.29) is 49.7 Å². The number of anilines is 1. The zero-order valence-corrected chi connectivity index (χ0v) is 13.8. The molecule has 10 nitrogen and oxygen atoms in total. The normalized spacial score (nSPS) is 11.3. The fraction of sp³-hybridized carbons (Fsp3) is 0.312. The minimum Gasteiger partial charge on any atom is -0.460 e. The van der Waals surface area contributed by atoms with Crippen LogP contribution in [0.3, 0.4) is 0 Å². The summed E-state index contributed by atoms with van der Waals surface area (Å²) in [5, 5.41) is 18.3. The molecule has 0 atom stereocenters. The summed E-state index contributed by atoms with van der Waals surface area (Å²) >= 11 is 0. The molecule has 3 rings (SSSR count). The van der Waals surface area contributed by atoms with E-state index in [1.807, 2.05) is 30.3 Å². The molecule has 0 saturated heterocycles. The Morgan fingerprint density at radius 3 is 2.62 bits per heavy atom. The molecule has 0 amide bonds. The number of nitrogens with two attached hydrogens (primary N) is 1. The molecule has 26 heavy (non-hydrogen) atoms. The summed E-state index contributed by atoms with van der Waals surface area (Å²) in [6, 6.07) is 9.54. The molecule has 0 fully saturated rings. The summed E-state index contributed by atoms with van der Waals surface area (Å²) in [5.74, 6) is -0.0703. The van der Waals surface area contributed by atoms with E-state index in [4.69, 9.17) is 25.4 Å². The molecular weight excluding hydrogens is 342 g/mol. The van der Waals surface area contributed by atoms with Crippen molar-refractivity contribution in [3.63, 3.8) is 0 Å².